The standard InChI is InChI=1S/C12H25N3O2S2/c1-11(2)15(10-7-12(13)18)19(16,17)14-8-5-3-4-6-9-14/h11H,3-10H2,1-2H3,(H2,13,18). The summed E-state index contributed by atoms with van der Waals surface area (Å²) >= 11 is 4.84. The van der Waals surface area contributed by atoms with Crippen LogP contribution in [-0.4, -0.2) is 47.7 Å². The van der Waals surface area contributed by atoms with Gasteiger partial charge in [-0.15, -0.1) is 0 Å². The van der Waals surface area contributed by atoms with E-state index in [1.807, 2.05) is 13.8 Å². The van der Waals surface area contributed by atoms with Gasteiger partial charge in [0.25, 0.3) is 10.2 Å². The molecule has 0 aromatic heterocycles. The molecule has 0 radical (unpaired) electrons. The highest BCUT2D eigenvalue weighted by atomic mass is 32.2. The highest BCUT2D eigenvalue weighted by Crippen LogP contribution is 2.18. The molecule has 1 fully saturated rings. The Bertz CT molecular complexity index is 388. The van der Waals surface area contributed by atoms with Crippen molar-refractivity contribution >= 4 is 27.4 Å². The molecule has 19 heavy (non-hydrogen) atoms. The van der Waals surface area contributed by atoms with Crippen LogP contribution in [0.2, 0.25) is 0 Å². The lowest BCUT2D eigenvalue weighted by Crippen LogP contribution is -2.48. The van der Waals surface area contributed by atoms with Crippen LogP contribution in [0.5, 0.6) is 0 Å². The molecule has 1 saturated heterocycles. The Balaban J connectivity index is 2.81. The Morgan fingerprint density at radius 3 is 2.21 bits per heavy atom. The summed E-state index contributed by atoms with van der Waals surface area (Å²) in [5.74, 6) is 0. The van der Waals surface area contributed by atoms with Gasteiger partial charge >= 0.3 is 0 Å². The first kappa shape index (κ1) is 16.8. The Labute approximate surface area is 122 Å². The van der Waals surface area contributed by atoms with E-state index in [0.717, 1.165) is 25.7 Å². The number of nitrogens with zero attached hydrogens (tertiary/aromatic N) is 2. The van der Waals surface area contributed by atoms with Crippen molar-refractivity contribution in [3.8, 4) is 0 Å². The lowest BCUT2D eigenvalue weighted by molar-refractivity contribution is 0.311. The highest BCUT2D eigenvalue weighted by Gasteiger charge is 2.31. The van der Waals surface area contributed by atoms with Gasteiger partial charge < -0.3 is 5.73 Å². The van der Waals surface area contributed by atoms with Gasteiger partial charge in [-0.2, -0.15) is 17.0 Å². The van der Waals surface area contributed by atoms with Gasteiger partial charge in [-0.1, -0.05) is 25.1 Å². The second-order valence-corrected chi connectivity index (χ2v) is 7.65. The summed E-state index contributed by atoms with van der Waals surface area (Å²) in [6.45, 7) is 5.38. The fraction of sp³-hybridized carbons (Fsp3) is 0.917. The predicted molar refractivity (Wildman–Crippen MR) is 82.2 cm³/mol. The van der Waals surface area contributed by atoms with Crippen molar-refractivity contribution in [1.82, 2.24) is 8.61 Å². The molecular formula is C12H25N3O2S2. The molecule has 1 rings (SSSR count). The quantitative estimate of drug-likeness (QED) is 0.755. The predicted octanol–water partition coefficient (Wildman–Crippen LogP) is 1.49. The van der Waals surface area contributed by atoms with Crippen LogP contribution in [0.3, 0.4) is 0 Å². The summed E-state index contributed by atoms with van der Waals surface area (Å²) in [4.78, 5) is 0.358. The summed E-state index contributed by atoms with van der Waals surface area (Å²) in [5, 5.41) is 0. The molecule has 2 N–H and O–H groups in total. The number of nitrogens with two attached hydrogens (primary N) is 1. The molecular weight excluding hydrogens is 282 g/mol. The normalized spacial score (nSPS) is 18.7. The van der Waals surface area contributed by atoms with Crippen molar-refractivity contribution in [3.05, 3.63) is 0 Å². The van der Waals surface area contributed by atoms with Gasteiger partial charge in [0.05, 0.1) is 4.99 Å². The van der Waals surface area contributed by atoms with Crippen molar-refractivity contribution in [2.75, 3.05) is 19.6 Å². The molecule has 0 amide bonds. The van der Waals surface area contributed by atoms with E-state index < -0.39 is 10.2 Å². The second-order valence-electron chi connectivity index (χ2n) is 5.24. The van der Waals surface area contributed by atoms with E-state index in [2.05, 4.69) is 0 Å². The van der Waals surface area contributed by atoms with Crippen LogP contribution in [0.4, 0.5) is 0 Å². The van der Waals surface area contributed by atoms with Crippen LogP contribution in [0.15, 0.2) is 0 Å². The van der Waals surface area contributed by atoms with Crippen molar-refractivity contribution in [1.29, 1.82) is 0 Å². The number of rotatable bonds is 6. The third kappa shape index (κ3) is 4.98. The molecule has 1 heterocycles. The van der Waals surface area contributed by atoms with Crippen LogP contribution in [-0.2, 0) is 10.2 Å². The molecule has 0 aromatic carbocycles. The first-order valence-corrected chi connectivity index (χ1v) is 8.71. The molecule has 0 unspecified atom stereocenters. The smallest absolute Gasteiger partial charge is 0.282 e. The maximum atomic E-state index is 12.7. The van der Waals surface area contributed by atoms with E-state index in [9.17, 15) is 8.42 Å². The van der Waals surface area contributed by atoms with Gasteiger partial charge in [0, 0.05) is 32.1 Å². The Hall–Kier alpha value is -0.240. The fourth-order valence-electron chi connectivity index (χ4n) is 2.28. The fourth-order valence-corrected chi connectivity index (χ4v) is 4.24. The molecule has 112 valence electrons. The first-order chi connectivity index (χ1) is 8.85. The lowest BCUT2D eigenvalue weighted by atomic mass is 10.2. The molecule has 0 atom stereocenters. The Kier molecular flexibility index (Phi) is 6.65. The minimum absolute atomic E-state index is 0.0809. The molecule has 0 aliphatic carbocycles. The van der Waals surface area contributed by atoms with Crippen LogP contribution in [0.1, 0.15) is 46.0 Å². The number of hydrogen-bond acceptors (Lipinski definition) is 3. The van der Waals surface area contributed by atoms with Gasteiger partial charge in [-0.3, -0.25) is 0 Å². The topological polar surface area (TPSA) is 66.6 Å². The van der Waals surface area contributed by atoms with Crippen molar-refractivity contribution < 1.29 is 8.42 Å². The third-order valence-electron chi connectivity index (χ3n) is 3.34. The summed E-state index contributed by atoms with van der Waals surface area (Å²) in [5.41, 5.74) is 5.48. The monoisotopic (exact) mass is 307 g/mol. The molecule has 5 nitrogen and oxygen atoms in total. The molecule has 0 spiro atoms. The number of thiocarbonyl (C=S) groups is 1. The van der Waals surface area contributed by atoms with Crippen LogP contribution in [0, 0.1) is 0 Å². The van der Waals surface area contributed by atoms with E-state index in [1.54, 1.807) is 4.31 Å². The maximum Gasteiger partial charge on any atom is 0.282 e. The van der Waals surface area contributed by atoms with Gasteiger partial charge in [-0.05, 0) is 26.7 Å². The summed E-state index contributed by atoms with van der Waals surface area (Å²) in [6.07, 6.45) is 4.54. The van der Waals surface area contributed by atoms with Gasteiger partial charge in [0.2, 0.25) is 0 Å². The molecule has 7 heteroatoms. The summed E-state index contributed by atoms with van der Waals surface area (Å²) in [6, 6.07) is -0.0809. The zero-order chi connectivity index (χ0) is 14.5. The molecule has 1 aliphatic rings. The lowest BCUT2D eigenvalue weighted by Gasteiger charge is -2.31. The molecule has 0 saturated carbocycles. The van der Waals surface area contributed by atoms with E-state index >= 15 is 0 Å². The maximum absolute atomic E-state index is 12.7. The van der Waals surface area contributed by atoms with E-state index in [1.165, 1.54) is 4.31 Å². The average molecular weight is 307 g/mol. The van der Waals surface area contributed by atoms with Crippen LogP contribution in [0.25, 0.3) is 0 Å². The van der Waals surface area contributed by atoms with E-state index in [-0.39, 0.29) is 6.04 Å². The van der Waals surface area contributed by atoms with E-state index in [0.29, 0.717) is 31.0 Å². The summed E-state index contributed by atoms with van der Waals surface area (Å²) in [7, 11) is -3.39. The zero-order valence-corrected chi connectivity index (χ0v) is 13.5. The molecule has 0 aromatic rings. The van der Waals surface area contributed by atoms with Crippen molar-refractivity contribution in [3.63, 3.8) is 0 Å². The zero-order valence-electron chi connectivity index (χ0n) is 11.8. The minimum Gasteiger partial charge on any atom is -0.393 e. The molecule has 1 aliphatic heterocycles. The third-order valence-corrected chi connectivity index (χ3v) is 5.76. The van der Waals surface area contributed by atoms with Gasteiger partial charge in [-0.25, -0.2) is 0 Å². The SMILES string of the molecule is CC(C)N(CCC(N)=S)S(=O)(=O)N1CCCCCC1. The van der Waals surface area contributed by atoms with Crippen LogP contribution >= 0.6 is 12.2 Å². The minimum atomic E-state index is -3.39. The Morgan fingerprint density at radius 2 is 1.79 bits per heavy atom. The largest absolute Gasteiger partial charge is 0.393 e. The van der Waals surface area contributed by atoms with Crippen LogP contribution < -0.4 is 5.73 Å². The van der Waals surface area contributed by atoms with Crippen molar-refractivity contribution in [2.45, 2.75) is 52.0 Å². The Morgan fingerprint density at radius 1 is 1.26 bits per heavy atom. The van der Waals surface area contributed by atoms with Gasteiger partial charge in [0.1, 0.15) is 0 Å². The highest BCUT2D eigenvalue weighted by molar-refractivity contribution is 7.86. The first-order valence-electron chi connectivity index (χ1n) is 6.91. The summed E-state index contributed by atoms with van der Waals surface area (Å²) < 4.78 is 28.4. The van der Waals surface area contributed by atoms with Crippen molar-refractivity contribution in [2.24, 2.45) is 5.73 Å². The second kappa shape index (κ2) is 7.52. The number of hydrogen-bond donors (Lipinski definition) is 1. The van der Waals surface area contributed by atoms with Gasteiger partial charge in [0.15, 0.2) is 0 Å². The molecule has 0 bridgehead atoms. The average Bonchev–Trinajstić information content (AvgIpc) is 2.56. The van der Waals surface area contributed by atoms with E-state index in [4.69, 9.17) is 18.0 Å².